The zero-order valence-corrected chi connectivity index (χ0v) is 16.1. The van der Waals surface area contributed by atoms with Gasteiger partial charge in [-0.05, 0) is 19.3 Å². The topological polar surface area (TPSA) is 108 Å². The molecular weight excluding hydrogens is 360 g/mol. The molecule has 0 radical (unpaired) electrons. The summed E-state index contributed by atoms with van der Waals surface area (Å²) in [5, 5.41) is 2.77. The van der Waals surface area contributed by atoms with Gasteiger partial charge in [0.1, 0.15) is 6.04 Å². The predicted molar refractivity (Wildman–Crippen MR) is 94.9 cm³/mol. The van der Waals surface area contributed by atoms with Crippen molar-refractivity contribution in [3.05, 3.63) is 0 Å². The van der Waals surface area contributed by atoms with Gasteiger partial charge in [0.15, 0.2) is 0 Å². The van der Waals surface area contributed by atoms with E-state index in [9.17, 15) is 18.0 Å². The van der Waals surface area contributed by atoms with Crippen LogP contribution in [0.15, 0.2) is 0 Å². The van der Waals surface area contributed by atoms with Gasteiger partial charge in [0.05, 0.1) is 6.26 Å². The maximum atomic E-state index is 13.1. The van der Waals surface area contributed by atoms with E-state index in [1.165, 1.54) is 6.92 Å². The minimum atomic E-state index is -3.31. The number of ether oxygens (including phenoxy) is 1. The van der Waals surface area contributed by atoms with Crippen LogP contribution < -0.4 is 10.0 Å². The molecule has 148 valence electrons. The van der Waals surface area contributed by atoms with Crippen LogP contribution in [0.2, 0.25) is 0 Å². The van der Waals surface area contributed by atoms with Gasteiger partial charge in [-0.3, -0.25) is 14.5 Å². The van der Waals surface area contributed by atoms with Crippen molar-refractivity contribution in [1.29, 1.82) is 0 Å². The molecule has 9 nitrogen and oxygen atoms in total. The van der Waals surface area contributed by atoms with E-state index in [4.69, 9.17) is 4.74 Å². The Balaban J connectivity index is 1.76. The van der Waals surface area contributed by atoms with Crippen molar-refractivity contribution in [2.75, 3.05) is 39.1 Å². The van der Waals surface area contributed by atoms with Crippen molar-refractivity contribution in [3.8, 4) is 0 Å². The highest BCUT2D eigenvalue weighted by Gasteiger charge is 2.47. The van der Waals surface area contributed by atoms with Gasteiger partial charge in [-0.15, -0.1) is 0 Å². The summed E-state index contributed by atoms with van der Waals surface area (Å²) in [5.41, 5.74) is 0. The van der Waals surface area contributed by atoms with E-state index in [0.717, 1.165) is 19.1 Å². The number of amides is 2. The molecular formula is C16H28N4O5S. The number of nitrogens with zero attached hydrogens (tertiary/aromatic N) is 2. The molecule has 0 unspecified atom stereocenters. The molecule has 0 saturated carbocycles. The van der Waals surface area contributed by atoms with E-state index < -0.39 is 16.1 Å². The number of hydrogen-bond acceptors (Lipinski definition) is 6. The number of carbonyl (C=O) groups is 2. The van der Waals surface area contributed by atoms with Crippen molar-refractivity contribution in [1.82, 2.24) is 19.8 Å². The summed E-state index contributed by atoms with van der Waals surface area (Å²) in [4.78, 5) is 28.5. The lowest BCUT2D eigenvalue weighted by Gasteiger charge is -2.47. The Kier molecular flexibility index (Phi) is 5.85. The van der Waals surface area contributed by atoms with Gasteiger partial charge in [-0.25, -0.2) is 13.1 Å². The molecule has 26 heavy (non-hydrogen) atoms. The van der Waals surface area contributed by atoms with Crippen LogP contribution in [0, 0.1) is 0 Å². The Morgan fingerprint density at radius 2 is 1.92 bits per heavy atom. The molecule has 0 aromatic heterocycles. The second-order valence-corrected chi connectivity index (χ2v) is 9.24. The molecule has 3 fully saturated rings. The lowest BCUT2D eigenvalue weighted by atomic mass is 9.98. The molecule has 0 aromatic rings. The Labute approximate surface area is 154 Å². The van der Waals surface area contributed by atoms with Crippen molar-refractivity contribution >= 4 is 21.8 Å². The van der Waals surface area contributed by atoms with Crippen molar-refractivity contribution in [2.24, 2.45) is 0 Å². The molecule has 3 aliphatic heterocycles. The van der Waals surface area contributed by atoms with Gasteiger partial charge in [0, 0.05) is 57.9 Å². The third-order valence-electron chi connectivity index (χ3n) is 5.39. The summed E-state index contributed by atoms with van der Waals surface area (Å²) in [7, 11) is -3.31. The lowest BCUT2D eigenvalue weighted by Crippen LogP contribution is -2.65. The quantitative estimate of drug-likeness (QED) is 0.594. The van der Waals surface area contributed by atoms with Crippen molar-refractivity contribution in [2.45, 2.75) is 50.4 Å². The first kappa shape index (κ1) is 19.5. The zero-order valence-electron chi connectivity index (χ0n) is 15.3. The molecule has 2 N–H and O–H groups in total. The van der Waals surface area contributed by atoms with Crippen LogP contribution in [-0.2, 0) is 24.3 Å². The van der Waals surface area contributed by atoms with Crippen LogP contribution in [0.3, 0.4) is 0 Å². The summed E-state index contributed by atoms with van der Waals surface area (Å²) in [6.45, 7) is 4.15. The zero-order chi connectivity index (χ0) is 18.9. The first-order valence-electron chi connectivity index (χ1n) is 9.10. The van der Waals surface area contributed by atoms with Crippen LogP contribution in [0.5, 0.6) is 0 Å². The van der Waals surface area contributed by atoms with Crippen LogP contribution in [0.25, 0.3) is 0 Å². The number of carbonyl (C=O) groups excluding carboxylic acids is 2. The number of fused-ring (bicyclic) bond motifs is 1. The van der Waals surface area contributed by atoms with Gasteiger partial charge in [0.25, 0.3) is 0 Å². The Bertz CT molecular complexity index is 649. The standard InChI is InChI=1S/C16H28N4O5S/c1-11(21)17-8-15-16(22)20-9-12(18-26(2,23)24)7-14(20)10-19(15)13-3-5-25-6-4-13/h12-15,18H,3-10H2,1-2H3,(H,17,21)/t12-,14-,15-/m0/s1. The molecule has 3 heterocycles. The molecule has 0 spiro atoms. The Morgan fingerprint density at radius 1 is 1.23 bits per heavy atom. The maximum absolute atomic E-state index is 13.1. The van der Waals surface area contributed by atoms with E-state index in [1.807, 2.05) is 0 Å². The number of hydrogen-bond donors (Lipinski definition) is 2. The third-order valence-corrected chi connectivity index (χ3v) is 6.15. The van der Waals surface area contributed by atoms with E-state index in [1.54, 1.807) is 4.90 Å². The van der Waals surface area contributed by atoms with Gasteiger partial charge in [-0.1, -0.05) is 0 Å². The minimum Gasteiger partial charge on any atom is -0.381 e. The van der Waals surface area contributed by atoms with Gasteiger partial charge in [-0.2, -0.15) is 0 Å². The van der Waals surface area contributed by atoms with Crippen molar-refractivity contribution < 1.29 is 22.7 Å². The molecule has 3 atom stereocenters. The van der Waals surface area contributed by atoms with E-state index in [2.05, 4.69) is 14.9 Å². The lowest BCUT2D eigenvalue weighted by molar-refractivity contribution is -0.147. The largest absolute Gasteiger partial charge is 0.381 e. The number of piperazine rings is 1. The van der Waals surface area contributed by atoms with E-state index in [0.29, 0.717) is 32.7 Å². The third kappa shape index (κ3) is 4.54. The molecule has 2 amide bonds. The van der Waals surface area contributed by atoms with Crippen LogP contribution in [-0.4, -0.2) is 93.3 Å². The summed E-state index contributed by atoms with van der Waals surface area (Å²) in [5.74, 6) is -0.191. The molecule has 0 bridgehead atoms. The Hall–Kier alpha value is -1.23. The molecule has 0 aromatic carbocycles. The SMILES string of the molecule is CC(=O)NC[C@H]1C(=O)N2C[C@@H](NS(C)(=O)=O)C[C@H]2CN1C1CCOCC1. The van der Waals surface area contributed by atoms with Gasteiger partial charge in [0.2, 0.25) is 21.8 Å². The highest BCUT2D eigenvalue weighted by atomic mass is 32.2. The van der Waals surface area contributed by atoms with Crippen LogP contribution >= 0.6 is 0 Å². The second kappa shape index (κ2) is 7.79. The highest BCUT2D eigenvalue weighted by Crippen LogP contribution is 2.30. The second-order valence-electron chi connectivity index (χ2n) is 7.46. The molecule has 10 heteroatoms. The first-order chi connectivity index (χ1) is 12.2. The molecule has 3 saturated heterocycles. The number of sulfonamides is 1. The Morgan fingerprint density at radius 3 is 2.54 bits per heavy atom. The fourth-order valence-electron chi connectivity index (χ4n) is 4.32. The normalized spacial score (nSPS) is 31.1. The fourth-order valence-corrected chi connectivity index (χ4v) is 5.09. The van der Waals surface area contributed by atoms with Crippen LogP contribution in [0.4, 0.5) is 0 Å². The fraction of sp³-hybridized carbons (Fsp3) is 0.875. The average molecular weight is 388 g/mol. The summed E-state index contributed by atoms with van der Waals surface area (Å²) in [6.07, 6.45) is 3.48. The minimum absolute atomic E-state index is 0.00169. The van der Waals surface area contributed by atoms with Crippen LogP contribution in [0.1, 0.15) is 26.2 Å². The number of nitrogens with one attached hydrogen (secondary N) is 2. The van der Waals surface area contributed by atoms with Crippen molar-refractivity contribution in [3.63, 3.8) is 0 Å². The number of rotatable bonds is 5. The molecule has 3 rings (SSSR count). The highest BCUT2D eigenvalue weighted by molar-refractivity contribution is 7.88. The van der Waals surface area contributed by atoms with Gasteiger partial charge >= 0.3 is 0 Å². The average Bonchev–Trinajstić information content (AvgIpc) is 2.95. The van der Waals surface area contributed by atoms with E-state index >= 15 is 0 Å². The predicted octanol–water partition coefficient (Wildman–Crippen LogP) is -1.50. The maximum Gasteiger partial charge on any atom is 0.242 e. The summed E-state index contributed by atoms with van der Waals surface area (Å²) >= 11 is 0. The smallest absolute Gasteiger partial charge is 0.242 e. The van der Waals surface area contributed by atoms with Gasteiger partial charge < -0.3 is 15.0 Å². The summed E-state index contributed by atoms with van der Waals surface area (Å²) < 4.78 is 31.1. The summed E-state index contributed by atoms with van der Waals surface area (Å²) in [6, 6.07) is -0.418. The monoisotopic (exact) mass is 388 g/mol. The first-order valence-corrected chi connectivity index (χ1v) is 11.0. The van der Waals surface area contributed by atoms with E-state index in [-0.39, 0.29) is 36.5 Å². The molecule has 0 aliphatic carbocycles. The molecule has 3 aliphatic rings.